The number of piperidine rings is 1. The molecular weight excluding hydrogens is 332 g/mol. The molecule has 1 fully saturated rings. The zero-order chi connectivity index (χ0) is 17.7. The lowest BCUT2D eigenvalue weighted by atomic mass is 9.97. The molecule has 1 N–H and O–H groups in total. The molecule has 0 atom stereocenters. The van der Waals surface area contributed by atoms with Crippen LogP contribution >= 0.6 is 11.3 Å². The molecule has 0 saturated carbocycles. The van der Waals surface area contributed by atoms with E-state index in [1.807, 2.05) is 26.1 Å². The average Bonchev–Trinajstić information content (AvgIpc) is 3.02. The minimum atomic E-state index is -0.524. The fourth-order valence-electron chi connectivity index (χ4n) is 3.12. The summed E-state index contributed by atoms with van der Waals surface area (Å²) in [4.78, 5) is 18.2. The van der Waals surface area contributed by atoms with Gasteiger partial charge in [-0.05, 0) is 45.3 Å². The second-order valence-electron chi connectivity index (χ2n) is 7.26. The quantitative estimate of drug-likeness (QED) is 0.802. The third kappa shape index (κ3) is 5.38. The lowest BCUT2D eigenvalue weighted by Crippen LogP contribution is -2.38. The predicted molar refractivity (Wildman–Crippen MR) is 101 cm³/mol. The summed E-state index contributed by atoms with van der Waals surface area (Å²) < 4.78 is 5.81. The summed E-state index contributed by atoms with van der Waals surface area (Å²) >= 11 is 1.70. The molecule has 0 amide bonds. The minimum absolute atomic E-state index is 0.0328. The van der Waals surface area contributed by atoms with Crippen molar-refractivity contribution >= 4 is 17.3 Å². The molecule has 1 aliphatic heterocycles. The Morgan fingerprint density at radius 3 is 2.72 bits per heavy atom. The van der Waals surface area contributed by atoms with Gasteiger partial charge in [-0.3, -0.25) is 4.79 Å². The van der Waals surface area contributed by atoms with Crippen LogP contribution < -0.4 is 5.32 Å². The van der Waals surface area contributed by atoms with Gasteiger partial charge >= 0.3 is 5.97 Å². The van der Waals surface area contributed by atoms with Crippen molar-refractivity contribution in [3.05, 3.63) is 52.0 Å². The Balaban J connectivity index is 1.56. The number of nitrogens with zero attached hydrogens (tertiary/aromatic N) is 1. The van der Waals surface area contributed by atoms with Crippen molar-refractivity contribution in [2.24, 2.45) is 5.92 Å². The molecule has 0 radical (unpaired) electrons. The van der Waals surface area contributed by atoms with Crippen LogP contribution in [0, 0.1) is 5.92 Å². The van der Waals surface area contributed by atoms with Crippen molar-refractivity contribution in [1.82, 2.24) is 10.3 Å². The zero-order valence-electron chi connectivity index (χ0n) is 15.0. The van der Waals surface area contributed by atoms with Gasteiger partial charge in [0, 0.05) is 23.9 Å². The standard InChI is InChI=1S/C20H26N2O2S/c1-20(2,24-19(23)16-8-10-21-11-9-16)13-18-22-14-17(25-18)12-15-6-4-3-5-7-15/h3-7,14,16,21H,8-13H2,1-2H3. The summed E-state index contributed by atoms with van der Waals surface area (Å²) in [5.74, 6) is -0.0296. The topological polar surface area (TPSA) is 51.2 Å². The van der Waals surface area contributed by atoms with Crippen LogP contribution in [-0.2, 0) is 22.4 Å². The van der Waals surface area contributed by atoms with Crippen molar-refractivity contribution in [3.63, 3.8) is 0 Å². The van der Waals surface area contributed by atoms with Crippen molar-refractivity contribution in [3.8, 4) is 0 Å². The third-order valence-corrected chi connectivity index (χ3v) is 5.45. The van der Waals surface area contributed by atoms with Crippen LogP contribution in [0.1, 0.15) is 42.1 Å². The summed E-state index contributed by atoms with van der Waals surface area (Å²) in [7, 11) is 0. The number of thiazole rings is 1. The van der Waals surface area contributed by atoms with Crippen LogP contribution in [0.5, 0.6) is 0 Å². The molecule has 1 aliphatic rings. The summed E-state index contributed by atoms with van der Waals surface area (Å²) in [6.45, 7) is 5.75. The second-order valence-corrected chi connectivity index (χ2v) is 8.46. The van der Waals surface area contributed by atoms with Gasteiger partial charge in [0.1, 0.15) is 5.60 Å². The Morgan fingerprint density at radius 2 is 2.00 bits per heavy atom. The van der Waals surface area contributed by atoms with Crippen LogP contribution in [-0.4, -0.2) is 29.6 Å². The molecule has 1 aromatic heterocycles. The van der Waals surface area contributed by atoms with Gasteiger partial charge in [0.25, 0.3) is 0 Å². The Morgan fingerprint density at radius 1 is 1.28 bits per heavy atom. The molecule has 1 saturated heterocycles. The average molecular weight is 359 g/mol. The Bertz CT molecular complexity index is 691. The fourth-order valence-corrected chi connectivity index (χ4v) is 4.29. The number of hydrogen-bond acceptors (Lipinski definition) is 5. The predicted octanol–water partition coefficient (Wildman–Crippen LogP) is 3.60. The van der Waals surface area contributed by atoms with E-state index in [9.17, 15) is 4.79 Å². The van der Waals surface area contributed by atoms with E-state index in [4.69, 9.17) is 4.74 Å². The van der Waals surface area contributed by atoms with E-state index in [-0.39, 0.29) is 11.9 Å². The van der Waals surface area contributed by atoms with Crippen LogP contribution in [0.4, 0.5) is 0 Å². The van der Waals surface area contributed by atoms with E-state index in [1.54, 1.807) is 11.3 Å². The molecule has 0 spiro atoms. The number of hydrogen-bond donors (Lipinski definition) is 1. The molecule has 2 aromatic rings. The van der Waals surface area contributed by atoms with Gasteiger partial charge in [-0.2, -0.15) is 0 Å². The highest BCUT2D eigenvalue weighted by Crippen LogP contribution is 2.25. The number of carbonyl (C=O) groups is 1. The first kappa shape index (κ1) is 18.1. The number of nitrogens with one attached hydrogen (secondary N) is 1. The Labute approximate surface area is 153 Å². The van der Waals surface area contributed by atoms with Gasteiger partial charge < -0.3 is 10.1 Å². The molecular formula is C20H26N2O2S. The lowest BCUT2D eigenvalue weighted by molar-refractivity contribution is -0.162. The largest absolute Gasteiger partial charge is 0.459 e. The molecule has 134 valence electrons. The van der Waals surface area contributed by atoms with Gasteiger partial charge in [-0.15, -0.1) is 11.3 Å². The van der Waals surface area contributed by atoms with E-state index in [2.05, 4.69) is 34.6 Å². The van der Waals surface area contributed by atoms with Gasteiger partial charge in [-0.25, -0.2) is 4.98 Å². The smallest absolute Gasteiger partial charge is 0.309 e. The maximum atomic E-state index is 12.4. The van der Waals surface area contributed by atoms with E-state index in [1.165, 1.54) is 10.4 Å². The lowest BCUT2D eigenvalue weighted by Gasteiger charge is -2.28. The first-order valence-corrected chi connectivity index (χ1v) is 9.74. The molecule has 5 heteroatoms. The van der Waals surface area contributed by atoms with Gasteiger partial charge in [0.15, 0.2) is 0 Å². The van der Waals surface area contributed by atoms with Crippen LogP contribution in [0.3, 0.4) is 0 Å². The van der Waals surface area contributed by atoms with Crippen molar-refractivity contribution in [1.29, 1.82) is 0 Å². The highest BCUT2D eigenvalue weighted by molar-refractivity contribution is 7.11. The molecule has 4 nitrogen and oxygen atoms in total. The van der Waals surface area contributed by atoms with E-state index in [0.29, 0.717) is 6.42 Å². The van der Waals surface area contributed by atoms with Crippen LogP contribution in [0.2, 0.25) is 0 Å². The number of esters is 1. The molecule has 1 aromatic carbocycles. The maximum Gasteiger partial charge on any atom is 0.309 e. The van der Waals surface area contributed by atoms with Crippen LogP contribution in [0.15, 0.2) is 36.5 Å². The van der Waals surface area contributed by atoms with Crippen LogP contribution in [0.25, 0.3) is 0 Å². The third-order valence-electron chi connectivity index (χ3n) is 4.45. The van der Waals surface area contributed by atoms with Crippen molar-refractivity contribution < 1.29 is 9.53 Å². The summed E-state index contributed by atoms with van der Waals surface area (Å²) in [6.07, 6.45) is 5.23. The highest BCUT2D eigenvalue weighted by Gasteiger charge is 2.30. The molecule has 0 bridgehead atoms. The number of benzene rings is 1. The SMILES string of the molecule is CC(C)(Cc1ncc(Cc2ccccc2)s1)OC(=O)C1CCNCC1. The first-order valence-electron chi connectivity index (χ1n) is 8.93. The molecule has 2 heterocycles. The Hall–Kier alpha value is -1.72. The van der Waals surface area contributed by atoms with Crippen molar-refractivity contribution in [2.45, 2.75) is 45.1 Å². The summed E-state index contributed by atoms with van der Waals surface area (Å²) in [6, 6.07) is 10.4. The van der Waals surface area contributed by atoms with E-state index >= 15 is 0 Å². The summed E-state index contributed by atoms with van der Waals surface area (Å²) in [5.41, 5.74) is 0.762. The number of ether oxygens (including phenoxy) is 1. The molecule has 3 rings (SSSR count). The highest BCUT2D eigenvalue weighted by atomic mass is 32.1. The van der Waals surface area contributed by atoms with Crippen molar-refractivity contribution in [2.75, 3.05) is 13.1 Å². The van der Waals surface area contributed by atoms with E-state index < -0.39 is 5.60 Å². The normalized spacial score (nSPS) is 15.9. The monoisotopic (exact) mass is 358 g/mol. The number of aromatic nitrogens is 1. The number of rotatable bonds is 6. The van der Waals surface area contributed by atoms with Gasteiger partial charge in [0.05, 0.1) is 10.9 Å². The molecule has 0 unspecified atom stereocenters. The maximum absolute atomic E-state index is 12.4. The fraction of sp³-hybridized carbons (Fsp3) is 0.500. The second kappa shape index (κ2) is 8.11. The van der Waals surface area contributed by atoms with Gasteiger partial charge in [-0.1, -0.05) is 30.3 Å². The molecule has 25 heavy (non-hydrogen) atoms. The summed E-state index contributed by atoms with van der Waals surface area (Å²) in [5, 5.41) is 4.30. The van der Waals surface area contributed by atoms with E-state index in [0.717, 1.165) is 37.4 Å². The first-order chi connectivity index (χ1) is 12.0. The Kier molecular flexibility index (Phi) is 5.86. The minimum Gasteiger partial charge on any atom is -0.459 e. The van der Waals surface area contributed by atoms with Gasteiger partial charge in [0.2, 0.25) is 0 Å². The number of carbonyl (C=O) groups excluding carboxylic acids is 1. The molecule has 0 aliphatic carbocycles. The zero-order valence-corrected chi connectivity index (χ0v) is 15.8.